The lowest BCUT2D eigenvalue weighted by atomic mass is 10.1. The maximum absolute atomic E-state index is 13.1. The SMILES string of the molecule is O=C(CSc1n[nH]c(-c2ccncc2)n1)N(CCc1ccccc1)Cc1ccccc1. The van der Waals surface area contributed by atoms with Gasteiger partial charge in [-0.1, -0.05) is 72.4 Å². The molecule has 0 bridgehead atoms. The Hall–Kier alpha value is -3.45. The molecule has 0 spiro atoms. The standard InChI is InChI=1S/C24H23N5OS/c30-22(18-31-24-26-23(27-28-24)21-11-14-25-15-12-21)29(17-20-9-5-2-6-10-20)16-13-19-7-3-1-4-8-19/h1-12,14-15H,13,16-18H2,(H,26,27,28). The summed E-state index contributed by atoms with van der Waals surface area (Å²) in [5.41, 5.74) is 3.25. The van der Waals surface area contributed by atoms with E-state index in [2.05, 4.69) is 32.3 Å². The average molecular weight is 430 g/mol. The van der Waals surface area contributed by atoms with Crippen LogP contribution >= 0.6 is 11.8 Å². The van der Waals surface area contributed by atoms with Crippen molar-refractivity contribution in [2.75, 3.05) is 12.3 Å². The van der Waals surface area contributed by atoms with Gasteiger partial charge in [-0.2, -0.15) is 0 Å². The molecule has 2 heterocycles. The summed E-state index contributed by atoms with van der Waals surface area (Å²) < 4.78 is 0. The second kappa shape index (κ2) is 10.5. The molecule has 156 valence electrons. The number of hydrogen-bond acceptors (Lipinski definition) is 5. The van der Waals surface area contributed by atoms with Gasteiger partial charge in [0, 0.05) is 31.0 Å². The Bertz CT molecular complexity index is 1090. The molecule has 6 nitrogen and oxygen atoms in total. The molecule has 0 saturated carbocycles. The molecule has 0 aliphatic carbocycles. The molecule has 2 aromatic heterocycles. The number of nitrogens with one attached hydrogen (secondary N) is 1. The van der Waals surface area contributed by atoms with Crippen molar-refractivity contribution >= 4 is 17.7 Å². The highest BCUT2D eigenvalue weighted by atomic mass is 32.2. The molecule has 0 aliphatic rings. The number of thioether (sulfide) groups is 1. The molecule has 0 radical (unpaired) electrons. The largest absolute Gasteiger partial charge is 0.337 e. The van der Waals surface area contributed by atoms with Gasteiger partial charge >= 0.3 is 0 Å². The maximum atomic E-state index is 13.1. The van der Waals surface area contributed by atoms with Crippen LogP contribution in [-0.2, 0) is 17.8 Å². The monoisotopic (exact) mass is 429 g/mol. The Kier molecular flexibility index (Phi) is 7.08. The number of rotatable bonds is 9. The predicted molar refractivity (Wildman–Crippen MR) is 122 cm³/mol. The van der Waals surface area contributed by atoms with Gasteiger partial charge in [0.1, 0.15) is 0 Å². The minimum Gasteiger partial charge on any atom is -0.337 e. The van der Waals surface area contributed by atoms with E-state index in [1.807, 2.05) is 65.6 Å². The van der Waals surface area contributed by atoms with Crippen LogP contribution < -0.4 is 0 Å². The first-order chi connectivity index (χ1) is 15.3. The van der Waals surface area contributed by atoms with Crippen molar-refractivity contribution in [2.45, 2.75) is 18.1 Å². The molecule has 0 saturated heterocycles. The van der Waals surface area contributed by atoms with Crippen molar-refractivity contribution in [3.05, 3.63) is 96.3 Å². The van der Waals surface area contributed by atoms with Crippen LogP contribution in [0.25, 0.3) is 11.4 Å². The third-order valence-corrected chi connectivity index (χ3v) is 5.66. The molecular formula is C24H23N5OS. The van der Waals surface area contributed by atoms with E-state index >= 15 is 0 Å². The highest BCUT2D eigenvalue weighted by molar-refractivity contribution is 7.99. The van der Waals surface area contributed by atoms with E-state index in [-0.39, 0.29) is 11.7 Å². The second-order valence-corrected chi connectivity index (χ2v) is 7.97. The van der Waals surface area contributed by atoms with Gasteiger partial charge < -0.3 is 4.90 Å². The van der Waals surface area contributed by atoms with Gasteiger partial charge in [-0.15, -0.1) is 5.10 Å². The summed E-state index contributed by atoms with van der Waals surface area (Å²) in [6.45, 7) is 1.25. The van der Waals surface area contributed by atoms with Gasteiger partial charge in [0.2, 0.25) is 11.1 Å². The van der Waals surface area contributed by atoms with Crippen molar-refractivity contribution in [3.63, 3.8) is 0 Å². The van der Waals surface area contributed by atoms with Gasteiger partial charge in [0.25, 0.3) is 0 Å². The van der Waals surface area contributed by atoms with Crippen LogP contribution in [0, 0.1) is 0 Å². The third kappa shape index (κ3) is 6.02. The van der Waals surface area contributed by atoms with Gasteiger partial charge in [0.15, 0.2) is 5.82 Å². The van der Waals surface area contributed by atoms with Crippen LogP contribution in [0.15, 0.2) is 90.3 Å². The topological polar surface area (TPSA) is 74.8 Å². The molecule has 7 heteroatoms. The van der Waals surface area contributed by atoms with Crippen molar-refractivity contribution in [2.24, 2.45) is 0 Å². The highest BCUT2D eigenvalue weighted by Crippen LogP contribution is 2.19. The zero-order valence-corrected chi connectivity index (χ0v) is 17.8. The smallest absolute Gasteiger partial charge is 0.233 e. The van der Waals surface area contributed by atoms with Gasteiger partial charge in [0.05, 0.1) is 5.75 Å². The molecule has 31 heavy (non-hydrogen) atoms. The van der Waals surface area contributed by atoms with Gasteiger partial charge in [-0.05, 0) is 29.7 Å². The van der Waals surface area contributed by atoms with Crippen LogP contribution in [0.4, 0.5) is 0 Å². The number of carbonyl (C=O) groups excluding carboxylic acids is 1. The molecule has 4 aromatic rings. The normalized spacial score (nSPS) is 10.7. The minimum absolute atomic E-state index is 0.0695. The predicted octanol–water partition coefficient (Wildman–Crippen LogP) is 4.23. The van der Waals surface area contributed by atoms with Crippen molar-refractivity contribution in [1.29, 1.82) is 0 Å². The number of carbonyl (C=O) groups is 1. The summed E-state index contributed by atoms with van der Waals surface area (Å²) >= 11 is 1.34. The quantitative estimate of drug-likeness (QED) is 0.403. The molecule has 0 aliphatic heterocycles. The van der Waals surface area contributed by atoms with Crippen molar-refractivity contribution in [1.82, 2.24) is 25.1 Å². The maximum Gasteiger partial charge on any atom is 0.233 e. The number of benzene rings is 2. The number of pyridine rings is 1. The van der Waals surface area contributed by atoms with Crippen molar-refractivity contribution in [3.8, 4) is 11.4 Å². The zero-order chi connectivity index (χ0) is 21.3. The van der Waals surface area contributed by atoms with E-state index in [4.69, 9.17) is 0 Å². The summed E-state index contributed by atoms with van der Waals surface area (Å²) in [5.74, 6) is 1.03. The van der Waals surface area contributed by atoms with Crippen LogP contribution in [0.2, 0.25) is 0 Å². The summed E-state index contributed by atoms with van der Waals surface area (Å²) in [6, 6.07) is 24.0. The van der Waals surface area contributed by atoms with Gasteiger partial charge in [-0.3, -0.25) is 14.9 Å². The summed E-state index contributed by atoms with van der Waals surface area (Å²) in [5, 5.41) is 7.72. The number of nitrogens with zero attached hydrogens (tertiary/aromatic N) is 4. The Morgan fingerprint density at radius 1 is 0.903 bits per heavy atom. The molecule has 4 rings (SSSR count). The second-order valence-electron chi connectivity index (χ2n) is 7.03. The van der Waals surface area contributed by atoms with E-state index in [1.165, 1.54) is 17.3 Å². The fourth-order valence-electron chi connectivity index (χ4n) is 3.17. The summed E-state index contributed by atoms with van der Waals surface area (Å²) in [4.78, 5) is 23.5. The Balaban J connectivity index is 1.39. The molecule has 1 N–H and O–H groups in total. The highest BCUT2D eigenvalue weighted by Gasteiger charge is 2.16. The molecule has 0 atom stereocenters. The zero-order valence-electron chi connectivity index (χ0n) is 17.0. The van der Waals surface area contributed by atoms with Crippen molar-refractivity contribution < 1.29 is 4.79 Å². The van der Waals surface area contributed by atoms with Crippen LogP contribution in [0.5, 0.6) is 0 Å². The number of aromatic amines is 1. The van der Waals surface area contributed by atoms with Gasteiger partial charge in [-0.25, -0.2) is 4.98 Å². The number of H-pyrrole nitrogens is 1. The molecule has 1 amide bonds. The third-order valence-electron chi connectivity index (χ3n) is 4.83. The van der Waals surface area contributed by atoms with E-state index < -0.39 is 0 Å². The molecular weight excluding hydrogens is 406 g/mol. The van der Waals surface area contributed by atoms with Crippen LogP contribution in [0.3, 0.4) is 0 Å². The van der Waals surface area contributed by atoms with Crippen LogP contribution in [-0.4, -0.2) is 43.3 Å². The Morgan fingerprint density at radius 2 is 1.58 bits per heavy atom. The average Bonchev–Trinajstić information content (AvgIpc) is 3.31. The first-order valence-electron chi connectivity index (χ1n) is 10.1. The fraction of sp³-hybridized carbons (Fsp3) is 0.167. The number of amides is 1. The lowest BCUT2D eigenvalue weighted by Crippen LogP contribution is -2.33. The lowest BCUT2D eigenvalue weighted by Gasteiger charge is -2.23. The fourth-order valence-corrected chi connectivity index (χ4v) is 3.87. The summed E-state index contributed by atoms with van der Waals surface area (Å²) in [7, 11) is 0. The first kappa shape index (κ1) is 20.8. The molecule has 0 fully saturated rings. The van der Waals surface area contributed by atoms with E-state index in [1.54, 1.807) is 12.4 Å². The van der Waals surface area contributed by atoms with E-state index in [9.17, 15) is 4.79 Å². The first-order valence-corrected chi connectivity index (χ1v) is 11.1. The number of aromatic nitrogens is 4. The van der Waals surface area contributed by atoms with E-state index in [0.29, 0.717) is 24.1 Å². The minimum atomic E-state index is 0.0695. The lowest BCUT2D eigenvalue weighted by molar-refractivity contribution is -0.128. The number of hydrogen-bond donors (Lipinski definition) is 1. The van der Waals surface area contributed by atoms with Crippen LogP contribution in [0.1, 0.15) is 11.1 Å². The summed E-state index contributed by atoms with van der Waals surface area (Å²) in [6.07, 6.45) is 4.24. The van der Waals surface area contributed by atoms with E-state index in [0.717, 1.165) is 17.5 Å². The Morgan fingerprint density at radius 3 is 2.29 bits per heavy atom. The Labute approximate surface area is 185 Å². The molecule has 2 aromatic carbocycles. The molecule has 0 unspecified atom stereocenters.